The van der Waals surface area contributed by atoms with Crippen LogP contribution in [-0.2, 0) is 0 Å². The molecule has 0 aliphatic heterocycles. The summed E-state index contributed by atoms with van der Waals surface area (Å²) in [4.78, 5) is 5.37. The van der Waals surface area contributed by atoms with Crippen LogP contribution < -0.4 is 0 Å². The highest BCUT2D eigenvalue weighted by Gasteiger charge is 2.28. The third-order valence-electron chi connectivity index (χ3n) is 2.92. The van der Waals surface area contributed by atoms with Gasteiger partial charge in [0.05, 0.1) is 0 Å². The Morgan fingerprint density at radius 2 is 1.75 bits per heavy atom. The number of hydrogen-bond donors (Lipinski definition) is 0. The topological polar surface area (TPSA) is 12.4 Å². The average Bonchev–Trinajstić information content (AvgIpc) is 2.45. The van der Waals surface area contributed by atoms with E-state index in [2.05, 4.69) is 24.7 Å². The lowest BCUT2D eigenvalue weighted by Gasteiger charge is -2.16. The molecular formula is C19H26BF2NS. The van der Waals surface area contributed by atoms with Crippen molar-refractivity contribution in [3.8, 4) is 0 Å². The molecule has 0 heterocycles. The Hall–Kier alpha value is -1.62. The third kappa shape index (κ3) is 8.87. The second-order valence-corrected chi connectivity index (χ2v) is 7.00. The minimum Gasteiger partial charge on any atom is -0.270 e. The van der Waals surface area contributed by atoms with Gasteiger partial charge in [-0.3, -0.25) is 4.99 Å². The highest BCUT2D eigenvalue weighted by molar-refractivity contribution is 8.07. The minimum atomic E-state index is -2.98. The molecule has 0 saturated carbocycles. The van der Waals surface area contributed by atoms with Crippen molar-refractivity contribution in [1.82, 2.24) is 0 Å². The Balaban J connectivity index is 5.29. The maximum absolute atomic E-state index is 13.5. The summed E-state index contributed by atoms with van der Waals surface area (Å²) < 4.78 is 27.1. The summed E-state index contributed by atoms with van der Waals surface area (Å²) in [6, 6.07) is 0. The van der Waals surface area contributed by atoms with Crippen molar-refractivity contribution in [3.63, 3.8) is 0 Å². The number of thioether (sulfide) groups is 1. The van der Waals surface area contributed by atoms with E-state index in [-0.39, 0.29) is 5.57 Å². The second kappa shape index (κ2) is 10.3. The monoisotopic (exact) mass is 349 g/mol. The van der Waals surface area contributed by atoms with E-state index in [1.807, 2.05) is 27.7 Å². The van der Waals surface area contributed by atoms with Gasteiger partial charge in [0.25, 0.3) is 5.92 Å². The van der Waals surface area contributed by atoms with Gasteiger partial charge in [0.2, 0.25) is 7.28 Å². The molecule has 0 aromatic heterocycles. The van der Waals surface area contributed by atoms with E-state index >= 15 is 0 Å². The zero-order valence-corrected chi connectivity index (χ0v) is 16.1. The van der Waals surface area contributed by atoms with Gasteiger partial charge in [-0.2, -0.15) is 0 Å². The SMILES string of the molecule is C=C(C)BC(/N=C\C(=C)S/C(=C/C=C\C)C(=C)C(C)(F)F)=C(C)C. The third-order valence-corrected chi connectivity index (χ3v) is 3.89. The standard InChI is InChI=1S/C19H26BF2NS/c1-9-10-11-17(16(7)19(8,21)22)24-15(6)12-23-18(13(2)3)20-14(4)5/h9-12,20H,4,6-7H2,1-3,5,8H3/b10-9-,17-11+,23-12-. The van der Waals surface area contributed by atoms with Crippen LogP contribution in [0.15, 0.2) is 75.0 Å². The molecule has 5 heteroatoms. The lowest BCUT2D eigenvalue weighted by atomic mass is 9.66. The fourth-order valence-corrected chi connectivity index (χ4v) is 2.39. The van der Waals surface area contributed by atoms with Crippen LogP contribution >= 0.6 is 11.8 Å². The van der Waals surface area contributed by atoms with Crippen LogP contribution in [0.5, 0.6) is 0 Å². The van der Waals surface area contributed by atoms with Crippen LogP contribution in [0.3, 0.4) is 0 Å². The molecule has 0 bridgehead atoms. The number of alkyl halides is 2. The summed E-state index contributed by atoms with van der Waals surface area (Å²) in [5.74, 6) is -2.98. The zero-order chi connectivity index (χ0) is 18.9. The van der Waals surface area contributed by atoms with Crippen molar-refractivity contribution in [2.75, 3.05) is 0 Å². The number of hydrogen-bond acceptors (Lipinski definition) is 2. The number of allylic oxidation sites excluding steroid dienone is 7. The van der Waals surface area contributed by atoms with Crippen LogP contribution in [0.4, 0.5) is 8.78 Å². The Labute approximate surface area is 150 Å². The highest BCUT2D eigenvalue weighted by Crippen LogP contribution is 2.37. The Kier molecular flexibility index (Phi) is 9.60. The molecule has 0 saturated heterocycles. The van der Waals surface area contributed by atoms with E-state index in [1.165, 1.54) is 0 Å². The Morgan fingerprint density at radius 3 is 2.17 bits per heavy atom. The van der Waals surface area contributed by atoms with Gasteiger partial charge in [-0.25, -0.2) is 8.78 Å². The maximum atomic E-state index is 13.5. The van der Waals surface area contributed by atoms with Gasteiger partial charge in [0, 0.05) is 34.1 Å². The van der Waals surface area contributed by atoms with Crippen LogP contribution in [0.2, 0.25) is 0 Å². The van der Waals surface area contributed by atoms with Gasteiger partial charge in [0.1, 0.15) is 0 Å². The molecule has 0 spiro atoms. The van der Waals surface area contributed by atoms with Crippen LogP contribution in [0.1, 0.15) is 34.6 Å². The first-order valence-electron chi connectivity index (χ1n) is 7.61. The molecule has 130 valence electrons. The zero-order valence-electron chi connectivity index (χ0n) is 15.2. The molecule has 24 heavy (non-hydrogen) atoms. The second-order valence-electron chi connectivity index (χ2n) is 5.83. The average molecular weight is 349 g/mol. The van der Waals surface area contributed by atoms with Crippen molar-refractivity contribution in [1.29, 1.82) is 0 Å². The van der Waals surface area contributed by atoms with E-state index in [0.29, 0.717) is 17.1 Å². The molecule has 0 amide bonds. The molecule has 0 unspecified atom stereocenters. The summed E-state index contributed by atoms with van der Waals surface area (Å²) in [6.45, 7) is 19.8. The van der Waals surface area contributed by atoms with E-state index in [4.69, 9.17) is 0 Å². The van der Waals surface area contributed by atoms with Crippen LogP contribution in [0.25, 0.3) is 0 Å². The normalized spacial score (nSPS) is 12.5. The Bertz CT molecular complexity index is 616. The van der Waals surface area contributed by atoms with Gasteiger partial charge >= 0.3 is 0 Å². The molecular weight excluding hydrogens is 323 g/mol. The van der Waals surface area contributed by atoms with Crippen molar-refractivity contribution in [3.05, 3.63) is 70.0 Å². The fourth-order valence-electron chi connectivity index (χ4n) is 1.55. The first-order valence-corrected chi connectivity index (χ1v) is 8.42. The molecule has 0 radical (unpaired) electrons. The lowest BCUT2D eigenvalue weighted by molar-refractivity contribution is 0.0675. The van der Waals surface area contributed by atoms with Crippen LogP contribution in [0, 0.1) is 0 Å². The molecule has 0 aromatic rings. The molecule has 0 aliphatic rings. The van der Waals surface area contributed by atoms with Crippen molar-refractivity contribution >= 4 is 25.3 Å². The van der Waals surface area contributed by atoms with Gasteiger partial charge in [-0.1, -0.05) is 49.6 Å². The summed E-state index contributed by atoms with van der Waals surface area (Å²) in [7, 11) is 0.678. The van der Waals surface area contributed by atoms with Crippen molar-refractivity contribution < 1.29 is 8.78 Å². The molecule has 1 nitrogen and oxygen atoms in total. The van der Waals surface area contributed by atoms with E-state index in [9.17, 15) is 8.78 Å². The van der Waals surface area contributed by atoms with Crippen molar-refractivity contribution in [2.24, 2.45) is 4.99 Å². The number of aliphatic imine (C=N–C) groups is 1. The van der Waals surface area contributed by atoms with Gasteiger partial charge < -0.3 is 0 Å². The molecule has 0 aliphatic carbocycles. The molecule has 0 fully saturated rings. The van der Waals surface area contributed by atoms with E-state index < -0.39 is 5.92 Å². The van der Waals surface area contributed by atoms with Crippen molar-refractivity contribution in [2.45, 2.75) is 40.5 Å². The largest absolute Gasteiger partial charge is 0.271 e. The fraction of sp³-hybridized carbons (Fsp3) is 0.316. The molecule has 0 rings (SSSR count). The minimum absolute atomic E-state index is 0.232. The molecule has 0 N–H and O–H groups in total. The molecule has 0 atom stereocenters. The summed E-state index contributed by atoms with van der Waals surface area (Å²) in [6.07, 6.45) is 6.68. The maximum Gasteiger partial charge on any atom is 0.271 e. The predicted molar refractivity (Wildman–Crippen MR) is 108 cm³/mol. The first-order chi connectivity index (χ1) is 11.0. The highest BCUT2D eigenvalue weighted by atomic mass is 32.2. The first kappa shape index (κ1) is 22.4. The summed E-state index contributed by atoms with van der Waals surface area (Å²) in [5, 5.41) is 0. The lowest BCUT2D eigenvalue weighted by Crippen LogP contribution is -2.13. The van der Waals surface area contributed by atoms with E-state index in [1.54, 1.807) is 24.4 Å². The number of halogens is 2. The van der Waals surface area contributed by atoms with Gasteiger partial charge in [-0.05, 0) is 26.8 Å². The predicted octanol–water partition coefficient (Wildman–Crippen LogP) is 6.20. The van der Waals surface area contributed by atoms with Crippen LogP contribution in [-0.4, -0.2) is 19.4 Å². The quantitative estimate of drug-likeness (QED) is 0.274. The number of rotatable bonds is 9. The van der Waals surface area contributed by atoms with Gasteiger partial charge in [-0.15, -0.1) is 12.1 Å². The Morgan fingerprint density at radius 1 is 1.17 bits per heavy atom. The molecule has 0 aromatic carbocycles. The summed E-state index contributed by atoms with van der Waals surface area (Å²) in [5.41, 5.74) is 2.77. The van der Waals surface area contributed by atoms with E-state index in [0.717, 1.165) is 35.3 Å². The smallest absolute Gasteiger partial charge is 0.270 e. The summed E-state index contributed by atoms with van der Waals surface area (Å²) >= 11 is 1.13. The number of nitrogens with zero attached hydrogens (tertiary/aromatic N) is 1. The van der Waals surface area contributed by atoms with Gasteiger partial charge in [0.15, 0.2) is 0 Å².